The lowest BCUT2D eigenvalue weighted by molar-refractivity contribution is -0.146. The molecule has 0 unspecified atom stereocenters. The Balaban J connectivity index is 1.44. The Hall–Kier alpha value is -4.48. The number of esters is 1. The number of hydrogen-bond acceptors (Lipinski definition) is 8. The number of nitrogens with one attached hydrogen (secondary N) is 1. The van der Waals surface area contributed by atoms with Crippen molar-refractivity contribution in [2.45, 2.75) is 56.0 Å². The Morgan fingerprint density at radius 3 is 2.50 bits per heavy atom. The summed E-state index contributed by atoms with van der Waals surface area (Å²) < 4.78 is 17.6. The van der Waals surface area contributed by atoms with Crippen LogP contribution in [0.3, 0.4) is 0 Å². The minimum absolute atomic E-state index is 0.0767. The summed E-state index contributed by atoms with van der Waals surface area (Å²) in [6.07, 6.45) is 7.06. The lowest BCUT2D eigenvalue weighted by atomic mass is 9.77. The molecule has 4 heterocycles. The first-order valence-corrected chi connectivity index (χ1v) is 15.7. The number of methoxy groups -OCH3 is 1. The van der Waals surface area contributed by atoms with Crippen molar-refractivity contribution in [1.82, 2.24) is 10.2 Å². The number of aliphatic hydroxyl groups is 1. The van der Waals surface area contributed by atoms with Gasteiger partial charge in [0.15, 0.2) is 0 Å². The number of carbonyl (C=O) groups is 4. The number of cyclic esters (lactones) is 1. The Bertz CT molecular complexity index is 1520. The minimum atomic E-state index is -1.48. The number of likely N-dealkylation sites (tertiary alicyclic amines) is 1. The number of fused-ring (bicyclic) bond motifs is 2. The van der Waals surface area contributed by atoms with Crippen molar-refractivity contribution in [3.8, 4) is 5.75 Å². The number of benzene rings is 2. The third kappa shape index (κ3) is 5.47. The number of ether oxygens (including phenoxy) is 3. The summed E-state index contributed by atoms with van der Waals surface area (Å²) in [6, 6.07) is 13.8. The molecule has 2 fully saturated rings. The average Bonchev–Trinajstić information content (AvgIpc) is 3.46. The number of rotatable bonds is 6. The maximum atomic E-state index is 14.6. The summed E-state index contributed by atoms with van der Waals surface area (Å²) in [5, 5.41) is 13.4. The van der Waals surface area contributed by atoms with Gasteiger partial charge in [0.1, 0.15) is 24.0 Å². The highest BCUT2D eigenvalue weighted by Crippen LogP contribution is 2.53. The van der Waals surface area contributed by atoms with E-state index in [9.17, 15) is 24.3 Å². The van der Waals surface area contributed by atoms with Crippen LogP contribution >= 0.6 is 0 Å². The normalized spacial score (nSPS) is 31.0. The largest absolute Gasteiger partial charge is 0.497 e. The molecule has 4 aliphatic rings. The van der Waals surface area contributed by atoms with Gasteiger partial charge in [0.05, 0.1) is 43.7 Å². The van der Waals surface area contributed by atoms with Crippen LogP contribution in [0.4, 0.5) is 5.69 Å². The maximum absolute atomic E-state index is 14.6. The number of hydrogen-bond donors (Lipinski definition) is 2. The Morgan fingerprint density at radius 1 is 1.04 bits per heavy atom. The molecule has 46 heavy (non-hydrogen) atoms. The molecule has 11 nitrogen and oxygen atoms in total. The van der Waals surface area contributed by atoms with Gasteiger partial charge in [-0.25, -0.2) is 0 Å². The molecule has 11 heteroatoms. The molecule has 3 amide bonds. The smallest absolute Gasteiger partial charge is 0.306 e. The van der Waals surface area contributed by atoms with Crippen molar-refractivity contribution in [3.05, 3.63) is 84.5 Å². The maximum Gasteiger partial charge on any atom is 0.306 e. The van der Waals surface area contributed by atoms with Crippen LogP contribution in [0, 0.1) is 11.8 Å². The molecule has 0 aromatic heterocycles. The number of aliphatic hydroxyl groups excluding tert-OH is 1. The van der Waals surface area contributed by atoms with Crippen molar-refractivity contribution >= 4 is 29.4 Å². The van der Waals surface area contributed by atoms with E-state index in [0.717, 1.165) is 5.56 Å². The lowest BCUT2D eigenvalue weighted by Crippen LogP contribution is -2.58. The van der Waals surface area contributed by atoms with E-state index in [1.165, 1.54) is 4.90 Å². The second kappa shape index (κ2) is 13.1. The van der Waals surface area contributed by atoms with Crippen LogP contribution in [0.5, 0.6) is 5.75 Å². The molecule has 0 aliphatic carbocycles. The molecule has 4 aliphatic heterocycles. The van der Waals surface area contributed by atoms with Gasteiger partial charge in [-0.05, 0) is 42.7 Å². The number of nitrogens with zero attached hydrogens (tertiary/aromatic N) is 2. The average molecular weight is 630 g/mol. The summed E-state index contributed by atoms with van der Waals surface area (Å²) in [5.74, 6) is -3.06. The summed E-state index contributed by atoms with van der Waals surface area (Å²) in [5.41, 5.74) is -0.133. The second-order valence-electron chi connectivity index (χ2n) is 12.0. The highest BCUT2D eigenvalue weighted by molar-refractivity contribution is 6.06. The number of anilines is 1. The SMILES string of the molecule is CC[C@@H](CO)N1C(=O)[C@H]2[C@@H]3C(=O)N[C@@H](c4ccccc4)COC(=O)CC/C=C\[C@@H]3O[C@]23C=CCN(c2ccc(OC)cc2)C(=O)[C@H]13. The van der Waals surface area contributed by atoms with Gasteiger partial charge in [0.2, 0.25) is 11.8 Å². The molecule has 0 bridgehead atoms. The third-order valence-corrected chi connectivity index (χ3v) is 9.46. The Kier molecular flexibility index (Phi) is 8.97. The van der Waals surface area contributed by atoms with E-state index in [2.05, 4.69) is 5.32 Å². The lowest BCUT2D eigenvalue weighted by Gasteiger charge is -2.38. The molecule has 2 saturated heterocycles. The van der Waals surface area contributed by atoms with Gasteiger partial charge in [-0.15, -0.1) is 0 Å². The van der Waals surface area contributed by atoms with Gasteiger partial charge in [0.25, 0.3) is 5.91 Å². The Morgan fingerprint density at radius 2 is 1.80 bits per heavy atom. The summed E-state index contributed by atoms with van der Waals surface area (Å²) in [6.45, 7) is 1.62. The van der Waals surface area contributed by atoms with Gasteiger partial charge in [-0.2, -0.15) is 0 Å². The highest BCUT2D eigenvalue weighted by atomic mass is 16.5. The van der Waals surface area contributed by atoms with Crippen LogP contribution in [0.2, 0.25) is 0 Å². The number of carbonyl (C=O) groups excluding carboxylic acids is 4. The van der Waals surface area contributed by atoms with E-state index in [4.69, 9.17) is 14.2 Å². The molecule has 0 radical (unpaired) electrons. The zero-order valence-corrected chi connectivity index (χ0v) is 25.9. The van der Waals surface area contributed by atoms with Crippen molar-refractivity contribution < 1.29 is 38.5 Å². The molecule has 7 atom stereocenters. The first-order valence-electron chi connectivity index (χ1n) is 15.7. The van der Waals surface area contributed by atoms with E-state index < -0.39 is 59.5 Å². The zero-order chi connectivity index (χ0) is 32.4. The zero-order valence-electron chi connectivity index (χ0n) is 25.9. The van der Waals surface area contributed by atoms with Crippen molar-refractivity contribution in [1.29, 1.82) is 0 Å². The predicted octanol–water partition coefficient (Wildman–Crippen LogP) is 2.70. The van der Waals surface area contributed by atoms with E-state index in [1.54, 1.807) is 60.6 Å². The van der Waals surface area contributed by atoms with E-state index in [1.807, 2.05) is 37.3 Å². The van der Waals surface area contributed by atoms with Crippen LogP contribution in [0.25, 0.3) is 0 Å². The fraction of sp³-hybridized carbons (Fsp3) is 0.429. The summed E-state index contributed by atoms with van der Waals surface area (Å²) in [7, 11) is 1.56. The first kappa shape index (κ1) is 31.5. The Labute approximate surface area is 267 Å². The van der Waals surface area contributed by atoms with E-state index in [-0.39, 0.29) is 32.1 Å². The predicted molar refractivity (Wildman–Crippen MR) is 168 cm³/mol. The number of allylic oxidation sites excluding steroid dienone is 1. The minimum Gasteiger partial charge on any atom is -0.497 e. The molecular weight excluding hydrogens is 590 g/mol. The van der Waals surface area contributed by atoms with E-state index in [0.29, 0.717) is 24.3 Å². The van der Waals surface area contributed by atoms with Crippen LogP contribution < -0.4 is 15.0 Å². The molecule has 6 rings (SSSR count). The van der Waals surface area contributed by atoms with Crippen LogP contribution in [-0.4, -0.2) is 84.4 Å². The monoisotopic (exact) mass is 629 g/mol. The first-order chi connectivity index (χ1) is 22.3. The fourth-order valence-electron chi connectivity index (χ4n) is 7.18. The van der Waals surface area contributed by atoms with Crippen molar-refractivity contribution in [2.75, 3.05) is 31.8 Å². The van der Waals surface area contributed by atoms with Crippen molar-refractivity contribution in [2.24, 2.45) is 11.8 Å². The molecule has 242 valence electrons. The molecule has 0 saturated carbocycles. The van der Waals surface area contributed by atoms with Crippen LogP contribution in [0.15, 0.2) is 78.9 Å². The summed E-state index contributed by atoms with van der Waals surface area (Å²) >= 11 is 0. The van der Waals surface area contributed by atoms with E-state index >= 15 is 0 Å². The third-order valence-electron chi connectivity index (χ3n) is 9.46. The van der Waals surface area contributed by atoms with Crippen molar-refractivity contribution in [3.63, 3.8) is 0 Å². The molecular formula is C35H39N3O8. The quantitative estimate of drug-likeness (QED) is 0.368. The van der Waals surface area contributed by atoms with Crippen LogP contribution in [0.1, 0.15) is 37.8 Å². The van der Waals surface area contributed by atoms with Gasteiger partial charge >= 0.3 is 5.97 Å². The van der Waals surface area contributed by atoms with Crippen LogP contribution in [-0.2, 0) is 28.7 Å². The summed E-state index contributed by atoms with van der Waals surface area (Å²) in [4.78, 5) is 59.1. The van der Waals surface area contributed by atoms with Gasteiger partial charge in [0, 0.05) is 18.7 Å². The molecule has 1 spiro atoms. The van der Waals surface area contributed by atoms with Gasteiger partial charge in [-0.3, -0.25) is 19.2 Å². The topological polar surface area (TPSA) is 135 Å². The molecule has 2 aromatic carbocycles. The fourth-order valence-corrected chi connectivity index (χ4v) is 7.18. The second-order valence-corrected chi connectivity index (χ2v) is 12.0. The van der Waals surface area contributed by atoms with Gasteiger partial charge in [-0.1, -0.05) is 61.6 Å². The standard InChI is InChI=1S/C35H39N3O8/c1-3-23(20-39)38-31-34(43)37(24-14-16-25(44-2)17-15-24)19-9-18-35(31)30(33(38)42)29-27(46-35)12-7-8-13-28(40)45-21-26(36-32(29)41)22-10-5-4-6-11-22/h4-7,9-12,14-18,23,26-27,29-31,39H,3,8,13,19-21H2,1-2H3,(H,36,41)/b12-7-/t23-,26+,27-,29+,30+,31-,35+/m0/s1. The molecule has 2 N–H and O–H groups in total. The molecule has 2 aromatic rings. The number of amides is 3. The highest BCUT2D eigenvalue weighted by Gasteiger charge is 2.72. The van der Waals surface area contributed by atoms with Gasteiger partial charge < -0.3 is 34.4 Å².